The molecule has 0 radical (unpaired) electrons. The van der Waals surface area contributed by atoms with Crippen molar-refractivity contribution >= 4 is 5.96 Å². The summed E-state index contributed by atoms with van der Waals surface area (Å²) in [6.07, 6.45) is 1.55. The maximum atomic E-state index is 5.40. The summed E-state index contributed by atoms with van der Waals surface area (Å²) in [5.41, 5.74) is 1.22. The minimum Gasteiger partial charge on any atom is -0.497 e. The van der Waals surface area contributed by atoms with Crippen molar-refractivity contribution in [3.8, 4) is 5.75 Å². The van der Waals surface area contributed by atoms with Gasteiger partial charge in [0, 0.05) is 20.6 Å². The van der Waals surface area contributed by atoms with Crippen molar-refractivity contribution in [1.29, 1.82) is 0 Å². The molecular formula is C19H31N7O. The molecule has 8 nitrogen and oxygen atoms in total. The molecule has 1 unspecified atom stereocenters. The average molecular weight is 374 g/mol. The van der Waals surface area contributed by atoms with Gasteiger partial charge < -0.3 is 15.4 Å². The summed E-state index contributed by atoms with van der Waals surface area (Å²) < 4.78 is 7.14. The number of benzene rings is 1. The van der Waals surface area contributed by atoms with Crippen LogP contribution in [0, 0.1) is 0 Å². The summed E-state index contributed by atoms with van der Waals surface area (Å²) in [6, 6.07) is 8.45. The molecule has 0 aliphatic carbocycles. The Morgan fingerprint density at radius 2 is 2.07 bits per heavy atom. The molecule has 148 valence electrons. The van der Waals surface area contributed by atoms with Gasteiger partial charge >= 0.3 is 0 Å². The van der Waals surface area contributed by atoms with Crippen LogP contribution in [0.5, 0.6) is 5.75 Å². The first kappa shape index (κ1) is 20.7. The van der Waals surface area contributed by atoms with Crippen LogP contribution in [-0.2, 0) is 13.6 Å². The standard InChI is InChI=1S/C19H31N7O/c1-6-26(7-2)17(15-9-8-10-16(11-15)27-5)12-21-19(20-3)22-13-18-23-14-24-25(18)4/h8-11,14,17H,6-7,12-13H2,1-5H3,(H2,20,21,22). The van der Waals surface area contributed by atoms with E-state index in [1.807, 2.05) is 19.2 Å². The van der Waals surface area contributed by atoms with Crippen LogP contribution in [0.4, 0.5) is 0 Å². The molecule has 0 saturated carbocycles. The van der Waals surface area contributed by atoms with E-state index >= 15 is 0 Å². The summed E-state index contributed by atoms with van der Waals surface area (Å²) >= 11 is 0. The molecule has 1 heterocycles. The molecule has 0 fully saturated rings. The van der Waals surface area contributed by atoms with E-state index in [0.717, 1.165) is 37.2 Å². The molecule has 0 amide bonds. The van der Waals surface area contributed by atoms with Gasteiger partial charge in [-0.2, -0.15) is 5.10 Å². The molecule has 0 spiro atoms. The number of aryl methyl sites for hydroxylation is 1. The van der Waals surface area contributed by atoms with Crippen LogP contribution in [0.1, 0.15) is 31.3 Å². The minimum absolute atomic E-state index is 0.212. The predicted octanol–water partition coefficient (Wildman–Crippen LogP) is 1.57. The highest BCUT2D eigenvalue weighted by Crippen LogP contribution is 2.23. The third-order valence-electron chi connectivity index (χ3n) is 4.64. The topological polar surface area (TPSA) is 79.6 Å². The molecule has 0 saturated heterocycles. The van der Waals surface area contributed by atoms with Crippen molar-refractivity contribution in [2.45, 2.75) is 26.4 Å². The Morgan fingerprint density at radius 1 is 1.30 bits per heavy atom. The van der Waals surface area contributed by atoms with Crippen LogP contribution < -0.4 is 15.4 Å². The lowest BCUT2D eigenvalue weighted by atomic mass is 10.0. The van der Waals surface area contributed by atoms with Crippen LogP contribution in [0.15, 0.2) is 35.6 Å². The van der Waals surface area contributed by atoms with Crippen molar-refractivity contribution in [3.05, 3.63) is 42.0 Å². The van der Waals surface area contributed by atoms with Crippen LogP contribution >= 0.6 is 0 Å². The van der Waals surface area contributed by atoms with Crippen molar-refractivity contribution in [3.63, 3.8) is 0 Å². The van der Waals surface area contributed by atoms with E-state index in [-0.39, 0.29) is 6.04 Å². The fourth-order valence-corrected chi connectivity index (χ4v) is 3.03. The lowest BCUT2D eigenvalue weighted by Crippen LogP contribution is -2.43. The lowest BCUT2D eigenvalue weighted by molar-refractivity contribution is 0.218. The van der Waals surface area contributed by atoms with E-state index in [1.54, 1.807) is 25.2 Å². The highest BCUT2D eigenvalue weighted by molar-refractivity contribution is 5.79. The number of nitrogens with one attached hydrogen (secondary N) is 2. The first-order valence-electron chi connectivity index (χ1n) is 9.28. The highest BCUT2D eigenvalue weighted by Gasteiger charge is 2.19. The zero-order valence-electron chi connectivity index (χ0n) is 16.9. The van der Waals surface area contributed by atoms with Gasteiger partial charge in [-0.25, -0.2) is 4.98 Å². The minimum atomic E-state index is 0.212. The Bertz CT molecular complexity index is 724. The highest BCUT2D eigenvalue weighted by atomic mass is 16.5. The summed E-state index contributed by atoms with van der Waals surface area (Å²) in [5.74, 6) is 2.46. The van der Waals surface area contributed by atoms with Crippen LogP contribution in [0.2, 0.25) is 0 Å². The summed E-state index contributed by atoms with van der Waals surface area (Å²) in [6.45, 7) is 7.57. The van der Waals surface area contributed by atoms with Gasteiger partial charge in [-0.05, 0) is 30.8 Å². The first-order valence-corrected chi connectivity index (χ1v) is 9.28. The third kappa shape index (κ3) is 5.68. The van der Waals surface area contributed by atoms with Gasteiger partial charge in [-0.15, -0.1) is 0 Å². The zero-order chi connectivity index (χ0) is 19.6. The number of ether oxygens (including phenoxy) is 1. The number of hydrogen-bond acceptors (Lipinski definition) is 5. The van der Waals surface area contributed by atoms with Crippen molar-refractivity contribution < 1.29 is 4.74 Å². The van der Waals surface area contributed by atoms with Crippen molar-refractivity contribution in [2.75, 3.05) is 33.8 Å². The second-order valence-electron chi connectivity index (χ2n) is 6.12. The Labute approximate surface area is 161 Å². The van der Waals surface area contributed by atoms with Gasteiger partial charge in [0.05, 0.1) is 19.7 Å². The third-order valence-corrected chi connectivity index (χ3v) is 4.64. The van der Waals surface area contributed by atoms with Crippen LogP contribution in [0.25, 0.3) is 0 Å². The fraction of sp³-hybridized carbons (Fsp3) is 0.526. The summed E-state index contributed by atoms with van der Waals surface area (Å²) in [4.78, 5) is 11.0. The Morgan fingerprint density at radius 3 is 2.67 bits per heavy atom. The molecule has 8 heteroatoms. The van der Waals surface area contributed by atoms with Gasteiger partial charge in [-0.3, -0.25) is 14.6 Å². The summed E-state index contributed by atoms with van der Waals surface area (Å²) in [5, 5.41) is 10.8. The summed E-state index contributed by atoms with van der Waals surface area (Å²) in [7, 11) is 5.34. The number of nitrogens with zero attached hydrogens (tertiary/aromatic N) is 5. The molecule has 0 bridgehead atoms. The number of aliphatic imine (C=N–C) groups is 1. The lowest BCUT2D eigenvalue weighted by Gasteiger charge is -2.31. The molecule has 1 aromatic heterocycles. The van der Waals surface area contributed by atoms with Gasteiger partial charge in [0.1, 0.15) is 17.9 Å². The number of hydrogen-bond donors (Lipinski definition) is 2. The maximum absolute atomic E-state index is 5.40. The van der Waals surface area contributed by atoms with E-state index in [2.05, 4.69) is 56.6 Å². The molecule has 2 aromatic rings. The van der Waals surface area contributed by atoms with E-state index in [4.69, 9.17) is 4.74 Å². The van der Waals surface area contributed by atoms with Gasteiger partial charge in [-0.1, -0.05) is 26.0 Å². The average Bonchev–Trinajstić information content (AvgIpc) is 3.12. The van der Waals surface area contributed by atoms with E-state index in [1.165, 1.54) is 5.56 Å². The molecule has 0 aliphatic rings. The van der Waals surface area contributed by atoms with Gasteiger partial charge in [0.25, 0.3) is 0 Å². The van der Waals surface area contributed by atoms with Crippen LogP contribution in [-0.4, -0.2) is 59.4 Å². The largest absolute Gasteiger partial charge is 0.497 e. The Balaban J connectivity index is 2.06. The molecule has 0 aliphatic heterocycles. The Kier molecular flexibility index (Phi) is 8.06. The number of rotatable bonds is 9. The molecule has 1 atom stereocenters. The predicted molar refractivity (Wildman–Crippen MR) is 108 cm³/mol. The molecular weight excluding hydrogens is 342 g/mol. The molecule has 2 N–H and O–H groups in total. The molecule has 1 aromatic carbocycles. The number of likely N-dealkylation sites (N-methyl/N-ethyl adjacent to an activating group) is 1. The molecule has 27 heavy (non-hydrogen) atoms. The van der Waals surface area contributed by atoms with Crippen molar-refractivity contribution in [1.82, 2.24) is 30.3 Å². The normalized spacial score (nSPS) is 12.9. The second kappa shape index (κ2) is 10.5. The zero-order valence-corrected chi connectivity index (χ0v) is 16.9. The number of guanidine groups is 1. The van der Waals surface area contributed by atoms with E-state index in [0.29, 0.717) is 6.54 Å². The van der Waals surface area contributed by atoms with Crippen molar-refractivity contribution in [2.24, 2.45) is 12.0 Å². The number of methoxy groups -OCH3 is 1. The van der Waals surface area contributed by atoms with Gasteiger partial charge in [0.2, 0.25) is 0 Å². The number of aromatic nitrogens is 3. The van der Waals surface area contributed by atoms with E-state index in [9.17, 15) is 0 Å². The maximum Gasteiger partial charge on any atom is 0.191 e. The van der Waals surface area contributed by atoms with E-state index < -0.39 is 0 Å². The smallest absolute Gasteiger partial charge is 0.191 e. The van der Waals surface area contributed by atoms with Crippen LogP contribution in [0.3, 0.4) is 0 Å². The second-order valence-corrected chi connectivity index (χ2v) is 6.12. The SMILES string of the molecule is CCN(CC)C(CNC(=NC)NCc1ncnn1C)c1cccc(OC)c1. The first-order chi connectivity index (χ1) is 13.1. The fourth-order valence-electron chi connectivity index (χ4n) is 3.03. The monoisotopic (exact) mass is 373 g/mol. The quantitative estimate of drug-likeness (QED) is 0.513. The molecule has 2 rings (SSSR count). The van der Waals surface area contributed by atoms with Gasteiger partial charge in [0.15, 0.2) is 5.96 Å². The Hall–Kier alpha value is -2.61.